The van der Waals surface area contributed by atoms with Gasteiger partial charge in [-0.15, -0.1) is 9.13 Å². The van der Waals surface area contributed by atoms with Gasteiger partial charge in [0.05, 0.1) is 29.4 Å². The number of aliphatic hydroxyl groups is 1. The van der Waals surface area contributed by atoms with Crippen molar-refractivity contribution >= 4 is 78.3 Å². The highest BCUT2D eigenvalue weighted by Crippen LogP contribution is 2.28. The van der Waals surface area contributed by atoms with E-state index < -0.39 is 0 Å². The lowest BCUT2D eigenvalue weighted by molar-refractivity contribution is -0.538. The van der Waals surface area contributed by atoms with Crippen molar-refractivity contribution in [2.75, 3.05) is 42.6 Å². The summed E-state index contributed by atoms with van der Waals surface area (Å²) >= 11 is 0. The van der Waals surface area contributed by atoms with Crippen LogP contribution in [0.4, 0.5) is 34.1 Å². The Morgan fingerprint density at radius 2 is 0.722 bits per heavy atom. The molecule has 0 saturated heterocycles. The van der Waals surface area contributed by atoms with Crippen LogP contribution in [0.2, 0.25) is 0 Å². The molecule has 2 heterocycles. The van der Waals surface area contributed by atoms with Gasteiger partial charge in [-0.3, -0.25) is 0 Å². The second-order valence-electron chi connectivity index (χ2n) is 18.0. The topological polar surface area (TPSA) is 110 Å². The van der Waals surface area contributed by atoms with E-state index in [1.54, 1.807) is 0 Å². The molecule has 0 fully saturated rings. The Bertz CT molecular complexity index is 3250. The quantitative estimate of drug-likeness (QED) is 0.0589. The Morgan fingerprint density at radius 3 is 1.10 bits per heavy atom. The third-order valence-electron chi connectivity index (χ3n) is 12.5. The average Bonchev–Trinajstić information content (AvgIpc) is 3.41. The van der Waals surface area contributed by atoms with Crippen LogP contribution in [-0.2, 0) is 0 Å². The van der Waals surface area contributed by atoms with E-state index in [4.69, 9.17) is 9.97 Å². The van der Waals surface area contributed by atoms with Crippen LogP contribution in [0.1, 0.15) is 51.2 Å². The minimum atomic E-state index is 0.135. The van der Waals surface area contributed by atoms with E-state index >= 15 is 0 Å². The molecular weight excluding hydrogens is 889 g/mol. The van der Waals surface area contributed by atoms with Gasteiger partial charge < -0.3 is 14.9 Å². The van der Waals surface area contributed by atoms with E-state index in [0.29, 0.717) is 6.54 Å². The van der Waals surface area contributed by atoms with Crippen molar-refractivity contribution in [2.24, 2.45) is 20.5 Å². The Morgan fingerprint density at radius 1 is 0.389 bits per heavy atom. The molecule has 0 atom stereocenters. The molecule has 8 aromatic carbocycles. The van der Waals surface area contributed by atoms with Gasteiger partial charge >= 0.3 is 0 Å². The van der Waals surface area contributed by atoms with Gasteiger partial charge in [0.25, 0.3) is 0 Å². The predicted molar refractivity (Wildman–Crippen MR) is 295 cm³/mol. The second-order valence-corrected chi connectivity index (χ2v) is 18.0. The zero-order chi connectivity index (χ0) is 49.8. The highest BCUT2D eigenvalue weighted by atomic mass is 16.3. The first-order valence-corrected chi connectivity index (χ1v) is 25.1. The maximum atomic E-state index is 9.35. The van der Waals surface area contributed by atoms with Gasteiger partial charge in [-0.05, 0) is 129 Å². The third-order valence-corrected chi connectivity index (χ3v) is 12.5. The second kappa shape index (κ2) is 23.1. The SMILES string of the molecule is CCCN(CCC)c1ccc(N=Nc2ccc3nc4ccc(C)cc4[n+](-c4ccccc4)c3c2)cc1.CCCN(CCO)c1ccc(N=Nc2ccc3nc4ccc(C)cc4[n+](-c4ccccc4)c3c2)cc1. The first-order valence-electron chi connectivity index (χ1n) is 25.1. The van der Waals surface area contributed by atoms with Crippen LogP contribution < -0.4 is 18.9 Å². The first-order chi connectivity index (χ1) is 35.3. The molecule has 11 nitrogen and oxygen atoms in total. The molecule has 10 rings (SSSR count). The number of benzene rings is 8. The normalized spacial score (nSPS) is 11.5. The van der Waals surface area contributed by atoms with Crippen LogP contribution in [0.3, 0.4) is 0 Å². The standard InChI is InChI=1S/C31H32N5.C30H30N5O/c1-4-19-35(20-5-2)26-15-12-24(13-16-26)33-34-25-14-18-29-31(22-25)36(27-9-7-6-8-10-27)30-21-23(3)11-17-28(30)32-29;1-3-17-34(18-19-36)25-13-10-23(11-14-25)32-33-24-12-16-28-30(21-24)35(26-7-5-4-6-8-26)29-20-22(2)9-15-27(29)31-28/h6-18,21-22H,4-5,19-20H2,1-3H3;4-16,20-21,36H,3,17-19H2,1-2H3/q2*+1. The van der Waals surface area contributed by atoms with Crippen molar-refractivity contribution in [1.29, 1.82) is 0 Å². The van der Waals surface area contributed by atoms with Gasteiger partial charge in [-0.2, -0.15) is 20.5 Å². The van der Waals surface area contributed by atoms with Crippen molar-refractivity contribution in [1.82, 2.24) is 9.97 Å². The van der Waals surface area contributed by atoms with Crippen LogP contribution in [-0.4, -0.2) is 47.9 Å². The van der Waals surface area contributed by atoms with Crippen LogP contribution in [0.15, 0.2) is 202 Å². The van der Waals surface area contributed by atoms with Crippen molar-refractivity contribution in [3.05, 3.63) is 193 Å². The number of hydrogen-bond donors (Lipinski definition) is 1. The lowest BCUT2D eigenvalue weighted by Crippen LogP contribution is -2.33. The summed E-state index contributed by atoms with van der Waals surface area (Å²) in [6.45, 7) is 14.6. The molecule has 0 bridgehead atoms. The molecular formula is C61H62N10O+2. The Balaban J connectivity index is 0.000000178. The van der Waals surface area contributed by atoms with Gasteiger partial charge in [-0.1, -0.05) is 69.3 Å². The van der Waals surface area contributed by atoms with Gasteiger partial charge in [0.15, 0.2) is 0 Å². The van der Waals surface area contributed by atoms with E-state index in [9.17, 15) is 5.11 Å². The molecule has 0 aliphatic rings. The number of aromatic nitrogens is 4. The highest BCUT2D eigenvalue weighted by molar-refractivity contribution is 5.85. The molecule has 1 N–H and O–H groups in total. The number of aryl methyl sites for hydroxylation is 2. The summed E-state index contributed by atoms with van der Waals surface area (Å²) in [6.07, 6.45) is 3.29. The smallest absolute Gasteiger partial charge is 0.239 e. The van der Waals surface area contributed by atoms with E-state index in [0.717, 1.165) is 123 Å². The molecule has 10 aromatic rings. The van der Waals surface area contributed by atoms with Crippen LogP contribution in [0.25, 0.3) is 55.5 Å². The van der Waals surface area contributed by atoms with Crippen molar-refractivity contribution < 1.29 is 14.2 Å². The fraction of sp³-hybridized carbons (Fsp3) is 0.213. The van der Waals surface area contributed by atoms with E-state index in [1.165, 1.54) is 16.8 Å². The summed E-state index contributed by atoms with van der Waals surface area (Å²) < 4.78 is 4.50. The first kappa shape index (κ1) is 48.7. The number of nitrogens with zero attached hydrogens (tertiary/aromatic N) is 10. The summed E-state index contributed by atoms with van der Waals surface area (Å²) in [5.74, 6) is 0. The Hall–Kier alpha value is -8.28. The zero-order valence-corrected chi connectivity index (χ0v) is 41.9. The highest BCUT2D eigenvalue weighted by Gasteiger charge is 2.22. The van der Waals surface area contributed by atoms with Gasteiger partial charge in [0.2, 0.25) is 33.4 Å². The monoisotopic (exact) mass is 951 g/mol. The molecule has 72 heavy (non-hydrogen) atoms. The molecule has 360 valence electrons. The summed E-state index contributed by atoms with van der Waals surface area (Å²) in [4.78, 5) is 14.4. The summed E-state index contributed by atoms with van der Waals surface area (Å²) in [5, 5.41) is 27.5. The minimum Gasteiger partial charge on any atom is -0.395 e. The van der Waals surface area contributed by atoms with Crippen LogP contribution >= 0.6 is 0 Å². The molecule has 11 heteroatoms. The number of aliphatic hydroxyl groups excluding tert-OH is 1. The van der Waals surface area contributed by atoms with E-state index in [1.807, 2.05) is 91.0 Å². The van der Waals surface area contributed by atoms with Crippen LogP contribution in [0, 0.1) is 13.8 Å². The molecule has 0 spiro atoms. The summed E-state index contributed by atoms with van der Waals surface area (Å²) in [7, 11) is 0. The van der Waals surface area contributed by atoms with E-state index in [-0.39, 0.29) is 6.61 Å². The molecule has 0 radical (unpaired) electrons. The lowest BCUT2D eigenvalue weighted by Gasteiger charge is -2.23. The number of rotatable bonds is 16. The molecule has 0 saturated carbocycles. The third kappa shape index (κ3) is 11.3. The Kier molecular flexibility index (Phi) is 15.6. The molecule has 2 aromatic heterocycles. The molecule has 0 aliphatic heterocycles. The zero-order valence-electron chi connectivity index (χ0n) is 41.9. The molecule has 0 unspecified atom stereocenters. The number of azo groups is 2. The fourth-order valence-electron chi connectivity index (χ4n) is 9.10. The molecule has 0 amide bonds. The fourth-order valence-corrected chi connectivity index (χ4v) is 9.10. The summed E-state index contributed by atoms with van der Waals surface area (Å²) in [6, 6.07) is 61.9. The number of anilines is 2. The van der Waals surface area contributed by atoms with Crippen molar-refractivity contribution in [3.63, 3.8) is 0 Å². The maximum absolute atomic E-state index is 9.35. The molecule has 0 aliphatic carbocycles. The van der Waals surface area contributed by atoms with Crippen molar-refractivity contribution in [2.45, 2.75) is 53.9 Å². The number of fused-ring (bicyclic) bond motifs is 4. The average molecular weight is 951 g/mol. The Labute approximate surface area is 422 Å². The number of hydrogen-bond acceptors (Lipinski definition) is 9. The summed E-state index contributed by atoms with van der Waals surface area (Å²) in [5.41, 5.74) is 17.9. The predicted octanol–water partition coefficient (Wildman–Crippen LogP) is 14.6. The van der Waals surface area contributed by atoms with Crippen molar-refractivity contribution in [3.8, 4) is 11.4 Å². The van der Waals surface area contributed by atoms with Gasteiger partial charge in [-0.25, -0.2) is 9.97 Å². The van der Waals surface area contributed by atoms with Gasteiger partial charge in [0, 0.05) is 86.1 Å². The maximum Gasteiger partial charge on any atom is 0.239 e. The van der Waals surface area contributed by atoms with Crippen LogP contribution in [0.5, 0.6) is 0 Å². The minimum absolute atomic E-state index is 0.135. The largest absolute Gasteiger partial charge is 0.395 e. The number of para-hydroxylation sites is 2. The van der Waals surface area contributed by atoms with Gasteiger partial charge in [0.1, 0.15) is 22.1 Å². The lowest BCUT2D eigenvalue weighted by atomic mass is 10.1. The van der Waals surface area contributed by atoms with E-state index in [2.05, 4.69) is 165 Å².